The van der Waals surface area contributed by atoms with Gasteiger partial charge in [0.05, 0.1) is 13.2 Å². The molecule has 0 saturated carbocycles. The molecule has 0 bridgehead atoms. The lowest BCUT2D eigenvalue weighted by Gasteiger charge is -2.14. The van der Waals surface area contributed by atoms with Gasteiger partial charge in [0.15, 0.2) is 5.65 Å². The zero-order chi connectivity index (χ0) is 18.1. The maximum absolute atomic E-state index is 13.0. The summed E-state index contributed by atoms with van der Waals surface area (Å²) in [6.07, 6.45) is 1.62. The molecular weight excluding hydrogens is 386 g/mol. The number of aryl methyl sites for hydroxylation is 2. The Kier molecular flexibility index (Phi) is 4.76. The minimum atomic E-state index is -0.403. The predicted octanol–water partition coefficient (Wildman–Crippen LogP) is 2.61. The summed E-state index contributed by atoms with van der Waals surface area (Å²) >= 11 is 3.38. The molecule has 0 N–H and O–H groups in total. The summed E-state index contributed by atoms with van der Waals surface area (Å²) in [7, 11) is 1.61. The normalized spacial score (nSPS) is 11.0. The molecule has 3 rings (SSSR count). The number of aromatic nitrogens is 3. The van der Waals surface area contributed by atoms with Crippen LogP contribution in [0.25, 0.3) is 11.0 Å². The van der Waals surface area contributed by atoms with Gasteiger partial charge in [-0.25, -0.2) is 9.78 Å². The van der Waals surface area contributed by atoms with Crippen molar-refractivity contribution in [3.05, 3.63) is 66.9 Å². The van der Waals surface area contributed by atoms with E-state index in [0.717, 1.165) is 15.6 Å². The van der Waals surface area contributed by atoms with Gasteiger partial charge in [0.2, 0.25) is 0 Å². The van der Waals surface area contributed by atoms with Gasteiger partial charge in [-0.3, -0.25) is 13.9 Å². The van der Waals surface area contributed by atoms with Gasteiger partial charge in [-0.1, -0.05) is 28.1 Å². The molecular formula is C18H18BrN3O3. The Morgan fingerprint density at radius 3 is 2.52 bits per heavy atom. The Morgan fingerprint density at radius 1 is 1.20 bits per heavy atom. The van der Waals surface area contributed by atoms with Gasteiger partial charge in [-0.15, -0.1) is 0 Å². The highest BCUT2D eigenvalue weighted by molar-refractivity contribution is 9.10. The molecule has 0 atom stereocenters. The van der Waals surface area contributed by atoms with E-state index in [2.05, 4.69) is 20.9 Å². The second-order valence-corrected chi connectivity index (χ2v) is 6.68. The van der Waals surface area contributed by atoms with E-state index in [0.29, 0.717) is 23.4 Å². The number of fused-ring (bicyclic) bond motifs is 1. The lowest BCUT2D eigenvalue weighted by atomic mass is 10.2. The maximum Gasteiger partial charge on any atom is 0.332 e. The smallest absolute Gasteiger partial charge is 0.332 e. The molecule has 0 aliphatic rings. The van der Waals surface area contributed by atoms with Gasteiger partial charge in [-0.2, -0.15) is 0 Å². The molecule has 7 heteroatoms. The van der Waals surface area contributed by atoms with Gasteiger partial charge in [0, 0.05) is 23.3 Å². The molecule has 6 nitrogen and oxygen atoms in total. The summed E-state index contributed by atoms with van der Waals surface area (Å²) < 4.78 is 9.21. The number of ether oxygens (including phenoxy) is 1. The van der Waals surface area contributed by atoms with Crippen LogP contribution in [0.3, 0.4) is 0 Å². The average molecular weight is 404 g/mol. The first-order valence-electron chi connectivity index (χ1n) is 7.90. The molecule has 0 radical (unpaired) electrons. The first-order chi connectivity index (χ1) is 11.9. The number of benzene rings is 1. The lowest BCUT2D eigenvalue weighted by molar-refractivity contribution is 0.341. The molecule has 25 heavy (non-hydrogen) atoms. The molecule has 3 aromatic rings. The van der Waals surface area contributed by atoms with Gasteiger partial charge >= 0.3 is 5.69 Å². The highest BCUT2D eigenvalue weighted by atomic mass is 79.9. The van der Waals surface area contributed by atoms with Gasteiger partial charge in [0.1, 0.15) is 11.1 Å². The Labute approximate surface area is 152 Å². The molecule has 0 aliphatic heterocycles. The number of pyridine rings is 1. The summed E-state index contributed by atoms with van der Waals surface area (Å²) in [5.74, 6) is 0.484. The average Bonchev–Trinajstić information content (AvgIpc) is 2.60. The third-order valence-corrected chi connectivity index (χ3v) is 4.56. The number of nitrogens with zero attached hydrogens (tertiary/aromatic N) is 3. The predicted molar refractivity (Wildman–Crippen MR) is 100 cm³/mol. The Morgan fingerprint density at radius 2 is 1.88 bits per heavy atom. The molecule has 0 fully saturated rings. The first kappa shape index (κ1) is 17.4. The lowest BCUT2D eigenvalue weighted by Crippen LogP contribution is -2.39. The van der Waals surface area contributed by atoms with Gasteiger partial charge < -0.3 is 4.74 Å². The Bertz CT molecular complexity index is 1050. The molecule has 1 aromatic carbocycles. The Balaban J connectivity index is 2.29. The van der Waals surface area contributed by atoms with Crippen molar-refractivity contribution < 1.29 is 4.74 Å². The summed E-state index contributed by atoms with van der Waals surface area (Å²) in [6, 6.07) is 7.50. The van der Waals surface area contributed by atoms with Crippen LogP contribution in [0.15, 0.2) is 44.5 Å². The van der Waals surface area contributed by atoms with Crippen molar-refractivity contribution in [2.75, 3.05) is 6.61 Å². The monoisotopic (exact) mass is 403 g/mol. The van der Waals surface area contributed by atoms with E-state index in [1.54, 1.807) is 13.2 Å². The fourth-order valence-corrected chi connectivity index (χ4v) is 3.03. The minimum Gasteiger partial charge on any atom is -0.493 e. The summed E-state index contributed by atoms with van der Waals surface area (Å²) in [5.41, 5.74) is 1.16. The summed E-state index contributed by atoms with van der Waals surface area (Å²) in [4.78, 5) is 30.0. The van der Waals surface area contributed by atoms with Crippen molar-refractivity contribution in [2.24, 2.45) is 7.05 Å². The summed E-state index contributed by atoms with van der Waals surface area (Å²) in [6.45, 7) is 4.30. The van der Waals surface area contributed by atoms with E-state index in [1.807, 2.05) is 38.1 Å². The van der Waals surface area contributed by atoms with E-state index >= 15 is 0 Å². The SMILES string of the molecule is CCOc1c(C)cnc2c1c(=O)n(Cc1ccc(Br)cc1)c(=O)n2C. The van der Waals surface area contributed by atoms with Crippen LogP contribution in [-0.4, -0.2) is 20.7 Å². The number of hydrogen-bond donors (Lipinski definition) is 0. The molecule has 0 unspecified atom stereocenters. The maximum atomic E-state index is 13.0. The van der Waals surface area contributed by atoms with Crippen molar-refractivity contribution in [2.45, 2.75) is 20.4 Å². The fraction of sp³-hybridized carbons (Fsp3) is 0.278. The zero-order valence-corrected chi connectivity index (χ0v) is 15.8. The van der Waals surface area contributed by atoms with Crippen molar-refractivity contribution in [3.8, 4) is 5.75 Å². The molecule has 0 aliphatic carbocycles. The van der Waals surface area contributed by atoms with E-state index in [1.165, 1.54) is 9.13 Å². The minimum absolute atomic E-state index is 0.189. The molecule has 0 spiro atoms. The molecule has 0 saturated heterocycles. The van der Waals surface area contributed by atoms with E-state index in [-0.39, 0.29) is 12.1 Å². The molecule has 2 aromatic heterocycles. The number of rotatable bonds is 4. The largest absolute Gasteiger partial charge is 0.493 e. The van der Waals surface area contributed by atoms with E-state index < -0.39 is 5.69 Å². The van der Waals surface area contributed by atoms with Crippen LogP contribution in [0.4, 0.5) is 0 Å². The van der Waals surface area contributed by atoms with Crippen LogP contribution in [0.2, 0.25) is 0 Å². The fourth-order valence-electron chi connectivity index (χ4n) is 2.76. The molecule has 0 amide bonds. The molecule has 2 heterocycles. The number of hydrogen-bond acceptors (Lipinski definition) is 4. The highest BCUT2D eigenvalue weighted by Gasteiger charge is 2.18. The first-order valence-corrected chi connectivity index (χ1v) is 8.69. The van der Waals surface area contributed by atoms with E-state index in [4.69, 9.17) is 4.74 Å². The van der Waals surface area contributed by atoms with Crippen LogP contribution < -0.4 is 16.0 Å². The van der Waals surface area contributed by atoms with Gasteiger partial charge in [0.25, 0.3) is 5.56 Å². The van der Waals surface area contributed by atoms with Crippen molar-refractivity contribution in [1.29, 1.82) is 0 Å². The van der Waals surface area contributed by atoms with Crippen molar-refractivity contribution in [1.82, 2.24) is 14.1 Å². The van der Waals surface area contributed by atoms with Crippen molar-refractivity contribution in [3.63, 3.8) is 0 Å². The van der Waals surface area contributed by atoms with E-state index in [9.17, 15) is 9.59 Å². The third kappa shape index (κ3) is 3.11. The van der Waals surface area contributed by atoms with Crippen LogP contribution in [0.1, 0.15) is 18.1 Å². The van der Waals surface area contributed by atoms with Crippen molar-refractivity contribution >= 4 is 27.0 Å². The summed E-state index contributed by atoms with van der Waals surface area (Å²) in [5, 5.41) is 0.334. The number of halogens is 1. The third-order valence-electron chi connectivity index (χ3n) is 4.03. The zero-order valence-electron chi connectivity index (χ0n) is 14.2. The van der Waals surface area contributed by atoms with Crippen LogP contribution in [0, 0.1) is 6.92 Å². The Hall–Kier alpha value is -2.41. The highest BCUT2D eigenvalue weighted by Crippen LogP contribution is 2.24. The standard InChI is InChI=1S/C18H18BrN3O3/c1-4-25-15-11(2)9-20-16-14(15)17(23)22(18(24)21(16)3)10-12-5-7-13(19)8-6-12/h5-9H,4,10H2,1-3H3. The van der Waals surface area contributed by atoms with Crippen LogP contribution in [0.5, 0.6) is 5.75 Å². The van der Waals surface area contributed by atoms with Crippen LogP contribution >= 0.6 is 15.9 Å². The van der Waals surface area contributed by atoms with Crippen LogP contribution in [-0.2, 0) is 13.6 Å². The topological polar surface area (TPSA) is 66.1 Å². The molecule has 130 valence electrons. The quantitative estimate of drug-likeness (QED) is 0.671. The second kappa shape index (κ2) is 6.84. The second-order valence-electron chi connectivity index (χ2n) is 5.76. The van der Waals surface area contributed by atoms with Gasteiger partial charge in [-0.05, 0) is 31.5 Å².